The average Bonchev–Trinajstić information content (AvgIpc) is 2.95. The number of aromatic nitrogens is 3. The van der Waals surface area contributed by atoms with Gasteiger partial charge in [-0.3, -0.25) is 9.78 Å². The van der Waals surface area contributed by atoms with E-state index in [2.05, 4.69) is 10.1 Å². The maximum atomic E-state index is 13.0. The summed E-state index contributed by atoms with van der Waals surface area (Å²) in [6, 6.07) is 3.31. The number of hydrogen-bond donors (Lipinski definition) is 0. The number of carbonyl (C=O) groups excluding carboxylic acids is 1. The molecule has 142 valence electrons. The molecule has 0 spiro atoms. The largest absolute Gasteiger partial charge is 0.453 e. The number of anilines is 1. The second-order valence-corrected chi connectivity index (χ2v) is 5.66. The highest BCUT2D eigenvalue weighted by molar-refractivity contribution is 6.32. The van der Waals surface area contributed by atoms with Crippen LogP contribution in [-0.4, -0.2) is 39.3 Å². The van der Waals surface area contributed by atoms with Gasteiger partial charge in [0.05, 0.1) is 18.1 Å². The van der Waals surface area contributed by atoms with E-state index in [1.165, 1.54) is 30.2 Å². The zero-order chi connectivity index (χ0) is 19.5. The molecule has 0 saturated carbocycles. The zero-order valence-electron chi connectivity index (χ0n) is 13.5. The molecule has 0 fully saturated rings. The summed E-state index contributed by atoms with van der Waals surface area (Å²) in [5.41, 5.74) is 0.645. The normalized spacial score (nSPS) is 12.3. The van der Waals surface area contributed by atoms with Gasteiger partial charge in [0.1, 0.15) is 5.69 Å². The first kappa shape index (κ1) is 20.1. The van der Waals surface area contributed by atoms with Crippen molar-refractivity contribution in [1.29, 1.82) is 0 Å². The molecule has 2 heterocycles. The van der Waals surface area contributed by atoms with Crippen molar-refractivity contribution in [3.8, 4) is 5.69 Å². The number of hydrogen-bond acceptors (Lipinski definition) is 3. The van der Waals surface area contributed by atoms with Crippen molar-refractivity contribution in [3.63, 3.8) is 0 Å². The van der Waals surface area contributed by atoms with Gasteiger partial charge in [-0.1, -0.05) is 11.6 Å². The van der Waals surface area contributed by atoms with E-state index >= 15 is 0 Å². The number of pyridine rings is 1. The Hall–Kier alpha value is -2.23. The monoisotopic (exact) mass is 396 g/mol. The third kappa shape index (κ3) is 4.29. The summed E-state index contributed by atoms with van der Waals surface area (Å²) in [7, 11) is 0. The fourth-order valence-corrected chi connectivity index (χ4v) is 2.40. The van der Waals surface area contributed by atoms with E-state index in [1.54, 1.807) is 12.1 Å². The lowest BCUT2D eigenvalue weighted by atomic mass is 10.1. The van der Waals surface area contributed by atoms with Gasteiger partial charge in [0, 0.05) is 25.6 Å². The summed E-state index contributed by atoms with van der Waals surface area (Å²) >= 11 is 6.00. The lowest BCUT2D eigenvalue weighted by molar-refractivity contribution is -0.284. The molecule has 0 radical (unpaired) electrons. The van der Waals surface area contributed by atoms with E-state index in [-0.39, 0.29) is 17.4 Å². The molecule has 0 unspecified atom stereocenters. The standard InChI is InChI=1S/C15H14ClF5N4O/c1-2-24(12(26)5-6-14(17,18)15(19,20)21)11-9-25(23-13(11)16)10-4-3-7-22-8-10/h3-4,7-9H,2,5-6H2,1H3. The fraction of sp³-hybridized carbons (Fsp3) is 0.400. The minimum Gasteiger partial charge on any atom is -0.309 e. The predicted molar refractivity (Wildman–Crippen MR) is 84.6 cm³/mol. The van der Waals surface area contributed by atoms with E-state index in [0.717, 1.165) is 4.90 Å². The van der Waals surface area contributed by atoms with Crippen molar-refractivity contribution >= 4 is 23.2 Å². The SMILES string of the molecule is CCN(C(=O)CCC(F)(F)C(F)(F)F)c1cn(-c2cccnc2)nc1Cl. The van der Waals surface area contributed by atoms with Gasteiger partial charge in [0.2, 0.25) is 5.91 Å². The van der Waals surface area contributed by atoms with E-state index in [1.807, 2.05) is 0 Å². The van der Waals surface area contributed by atoms with Crippen molar-refractivity contribution in [2.45, 2.75) is 31.9 Å². The van der Waals surface area contributed by atoms with Crippen molar-refractivity contribution in [2.75, 3.05) is 11.4 Å². The first-order valence-corrected chi connectivity index (χ1v) is 7.85. The average molecular weight is 397 g/mol. The maximum Gasteiger partial charge on any atom is 0.453 e. The first-order chi connectivity index (χ1) is 12.1. The minimum atomic E-state index is -5.70. The molecular formula is C15H14ClF5N4O. The Bertz CT molecular complexity index is 763. The quantitative estimate of drug-likeness (QED) is 0.686. The van der Waals surface area contributed by atoms with E-state index in [9.17, 15) is 26.7 Å². The molecule has 0 aliphatic carbocycles. The lowest BCUT2D eigenvalue weighted by Gasteiger charge is -2.22. The van der Waals surface area contributed by atoms with E-state index in [0.29, 0.717) is 5.69 Å². The van der Waals surface area contributed by atoms with Crippen LogP contribution in [0.3, 0.4) is 0 Å². The fourth-order valence-electron chi connectivity index (χ4n) is 2.17. The molecule has 0 saturated heterocycles. The number of nitrogens with zero attached hydrogens (tertiary/aromatic N) is 4. The van der Waals surface area contributed by atoms with Gasteiger partial charge in [-0.25, -0.2) is 4.68 Å². The van der Waals surface area contributed by atoms with Gasteiger partial charge in [-0.15, -0.1) is 0 Å². The second kappa shape index (κ2) is 7.56. The topological polar surface area (TPSA) is 51.0 Å². The predicted octanol–water partition coefficient (Wildman–Crippen LogP) is 4.25. The van der Waals surface area contributed by atoms with E-state index < -0.39 is 30.8 Å². The number of halogens is 6. The highest BCUT2D eigenvalue weighted by atomic mass is 35.5. The molecule has 0 bridgehead atoms. The summed E-state index contributed by atoms with van der Waals surface area (Å²) in [5.74, 6) is -5.85. The summed E-state index contributed by atoms with van der Waals surface area (Å²) in [5, 5.41) is 3.91. The molecule has 1 amide bonds. The molecule has 26 heavy (non-hydrogen) atoms. The van der Waals surface area contributed by atoms with E-state index in [4.69, 9.17) is 11.6 Å². The molecule has 2 aromatic heterocycles. The van der Waals surface area contributed by atoms with Crippen LogP contribution in [0.25, 0.3) is 5.69 Å². The van der Waals surface area contributed by atoms with Gasteiger partial charge in [0.25, 0.3) is 0 Å². The van der Waals surface area contributed by atoms with Gasteiger partial charge in [0.15, 0.2) is 5.15 Å². The van der Waals surface area contributed by atoms with Crippen LogP contribution < -0.4 is 4.90 Å². The zero-order valence-corrected chi connectivity index (χ0v) is 14.2. The van der Waals surface area contributed by atoms with Crippen LogP contribution in [0.1, 0.15) is 19.8 Å². The van der Waals surface area contributed by atoms with Crippen LogP contribution in [0.15, 0.2) is 30.7 Å². The van der Waals surface area contributed by atoms with Crippen LogP contribution in [-0.2, 0) is 4.79 Å². The Morgan fingerprint density at radius 2 is 2.00 bits per heavy atom. The van der Waals surface area contributed by atoms with Crippen LogP contribution in [0.5, 0.6) is 0 Å². The third-order valence-electron chi connectivity index (χ3n) is 3.54. The minimum absolute atomic E-state index is 0.0227. The van der Waals surface area contributed by atoms with Crippen molar-refractivity contribution in [3.05, 3.63) is 35.9 Å². The third-order valence-corrected chi connectivity index (χ3v) is 3.81. The molecule has 2 rings (SSSR count). The number of rotatable bonds is 6. The van der Waals surface area contributed by atoms with Crippen molar-refractivity contribution in [2.24, 2.45) is 0 Å². The molecule has 2 aromatic rings. The Kier molecular flexibility index (Phi) is 5.84. The Labute approximate surface area is 150 Å². The summed E-state index contributed by atoms with van der Waals surface area (Å²) < 4.78 is 64.1. The lowest BCUT2D eigenvalue weighted by Crippen LogP contribution is -2.38. The molecule has 0 aliphatic rings. The number of carbonyl (C=O) groups is 1. The Morgan fingerprint density at radius 1 is 1.31 bits per heavy atom. The van der Waals surface area contributed by atoms with Crippen molar-refractivity contribution < 1.29 is 26.7 Å². The van der Waals surface area contributed by atoms with Crippen LogP contribution in [0, 0.1) is 0 Å². The van der Waals surface area contributed by atoms with Crippen LogP contribution in [0.4, 0.5) is 27.6 Å². The smallest absolute Gasteiger partial charge is 0.309 e. The van der Waals surface area contributed by atoms with Gasteiger partial charge >= 0.3 is 12.1 Å². The second-order valence-electron chi connectivity index (χ2n) is 5.30. The molecule has 0 aromatic carbocycles. The summed E-state index contributed by atoms with van der Waals surface area (Å²) in [6.45, 7) is 1.56. The van der Waals surface area contributed by atoms with Gasteiger partial charge in [-0.05, 0) is 19.1 Å². The number of amides is 1. The van der Waals surface area contributed by atoms with Crippen molar-refractivity contribution in [1.82, 2.24) is 14.8 Å². The number of alkyl halides is 5. The van der Waals surface area contributed by atoms with Crippen LogP contribution in [0.2, 0.25) is 5.15 Å². The highest BCUT2D eigenvalue weighted by Crippen LogP contribution is 2.39. The molecule has 0 N–H and O–H groups in total. The molecule has 11 heteroatoms. The van der Waals surface area contributed by atoms with Gasteiger partial charge < -0.3 is 4.90 Å². The molecule has 5 nitrogen and oxygen atoms in total. The first-order valence-electron chi connectivity index (χ1n) is 7.47. The molecule has 0 atom stereocenters. The summed E-state index contributed by atoms with van der Waals surface area (Å²) in [4.78, 5) is 17.1. The Balaban J connectivity index is 2.18. The molecular weight excluding hydrogens is 383 g/mol. The van der Waals surface area contributed by atoms with Crippen LogP contribution >= 0.6 is 11.6 Å². The van der Waals surface area contributed by atoms with Gasteiger partial charge in [-0.2, -0.15) is 27.1 Å². The maximum absolute atomic E-state index is 13.0. The Morgan fingerprint density at radius 3 is 2.54 bits per heavy atom. The molecule has 0 aliphatic heterocycles. The highest BCUT2D eigenvalue weighted by Gasteiger charge is 2.57. The summed E-state index contributed by atoms with van der Waals surface area (Å²) in [6.07, 6.45) is -3.93.